The van der Waals surface area contributed by atoms with Crippen LogP contribution < -0.4 is 0 Å². The first-order chi connectivity index (χ1) is 8.74. The maximum absolute atomic E-state index is 12.7. The van der Waals surface area contributed by atoms with Crippen LogP contribution >= 0.6 is 11.8 Å². The predicted octanol–water partition coefficient (Wildman–Crippen LogP) is 2.32. The van der Waals surface area contributed by atoms with Gasteiger partial charge >= 0.3 is 0 Å². The molecule has 1 aromatic carbocycles. The molecule has 3 nitrogen and oxygen atoms in total. The SMILES string of the molecule is OC(CSCc1ccc(F)cc1)Cn1ccnc1. The Morgan fingerprint density at radius 2 is 2.11 bits per heavy atom. The lowest BCUT2D eigenvalue weighted by Gasteiger charge is -2.10. The summed E-state index contributed by atoms with van der Waals surface area (Å²) in [6.45, 7) is 0.552. The van der Waals surface area contributed by atoms with Crippen LogP contribution in [-0.2, 0) is 12.3 Å². The second-order valence-corrected chi connectivity index (χ2v) is 5.09. The molecule has 96 valence electrons. The highest BCUT2D eigenvalue weighted by atomic mass is 32.2. The number of aliphatic hydroxyl groups excluding tert-OH is 1. The van der Waals surface area contributed by atoms with E-state index >= 15 is 0 Å². The van der Waals surface area contributed by atoms with Gasteiger partial charge in [-0.1, -0.05) is 12.1 Å². The fourth-order valence-corrected chi connectivity index (χ4v) is 2.51. The second kappa shape index (κ2) is 6.56. The Balaban J connectivity index is 1.70. The Hall–Kier alpha value is -1.33. The molecule has 1 aromatic heterocycles. The molecule has 2 rings (SSSR count). The van der Waals surface area contributed by atoms with Crippen molar-refractivity contribution in [3.63, 3.8) is 0 Å². The van der Waals surface area contributed by atoms with Crippen LogP contribution in [-0.4, -0.2) is 26.5 Å². The predicted molar refractivity (Wildman–Crippen MR) is 70.8 cm³/mol. The molecule has 0 spiro atoms. The summed E-state index contributed by atoms with van der Waals surface area (Å²) in [5.74, 6) is 1.21. The van der Waals surface area contributed by atoms with Gasteiger partial charge in [0.05, 0.1) is 19.0 Å². The average Bonchev–Trinajstić information content (AvgIpc) is 2.84. The van der Waals surface area contributed by atoms with E-state index in [9.17, 15) is 9.50 Å². The molecule has 0 saturated heterocycles. The molecule has 0 amide bonds. The number of halogens is 1. The molecule has 0 aliphatic carbocycles. The van der Waals surface area contributed by atoms with Crippen LogP contribution in [0.25, 0.3) is 0 Å². The van der Waals surface area contributed by atoms with E-state index in [-0.39, 0.29) is 5.82 Å². The maximum Gasteiger partial charge on any atom is 0.123 e. The maximum atomic E-state index is 12.7. The molecule has 5 heteroatoms. The summed E-state index contributed by atoms with van der Waals surface area (Å²) in [6, 6.07) is 6.45. The summed E-state index contributed by atoms with van der Waals surface area (Å²) in [5, 5.41) is 9.81. The number of thioether (sulfide) groups is 1. The molecular formula is C13H15FN2OS. The highest BCUT2D eigenvalue weighted by Gasteiger charge is 2.05. The van der Waals surface area contributed by atoms with E-state index in [2.05, 4.69) is 4.98 Å². The van der Waals surface area contributed by atoms with Crippen molar-refractivity contribution < 1.29 is 9.50 Å². The molecule has 0 aliphatic rings. The lowest BCUT2D eigenvalue weighted by molar-refractivity contribution is 0.178. The first-order valence-corrected chi connectivity index (χ1v) is 6.85. The molecule has 18 heavy (non-hydrogen) atoms. The van der Waals surface area contributed by atoms with Gasteiger partial charge in [-0.25, -0.2) is 9.37 Å². The topological polar surface area (TPSA) is 38.0 Å². The molecule has 2 aromatic rings. The quantitative estimate of drug-likeness (QED) is 0.872. The number of aromatic nitrogens is 2. The lowest BCUT2D eigenvalue weighted by atomic mass is 10.2. The van der Waals surface area contributed by atoms with E-state index in [0.29, 0.717) is 12.3 Å². The summed E-state index contributed by atoms with van der Waals surface area (Å²) >= 11 is 1.64. The molecule has 0 fully saturated rings. The Morgan fingerprint density at radius 1 is 1.33 bits per heavy atom. The van der Waals surface area contributed by atoms with Crippen molar-refractivity contribution in [3.8, 4) is 0 Å². The smallest absolute Gasteiger partial charge is 0.123 e. The van der Waals surface area contributed by atoms with E-state index in [1.807, 2.05) is 10.8 Å². The molecule has 1 atom stereocenters. The van der Waals surface area contributed by atoms with Crippen LogP contribution in [0.15, 0.2) is 43.0 Å². The number of nitrogens with zero attached hydrogens (tertiary/aromatic N) is 2. The van der Waals surface area contributed by atoms with Gasteiger partial charge in [-0.05, 0) is 17.7 Å². The van der Waals surface area contributed by atoms with Gasteiger partial charge in [-0.2, -0.15) is 11.8 Å². The highest BCUT2D eigenvalue weighted by Crippen LogP contribution is 2.14. The molecule has 0 saturated carbocycles. The molecule has 1 unspecified atom stereocenters. The first-order valence-electron chi connectivity index (χ1n) is 5.70. The number of hydrogen-bond donors (Lipinski definition) is 1. The van der Waals surface area contributed by atoms with Gasteiger partial charge < -0.3 is 9.67 Å². The monoisotopic (exact) mass is 266 g/mol. The standard InChI is InChI=1S/C13H15FN2OS/c14-12-3-1-11(2-4-12)8-18-9-13(17)7-16-6-5-15-10-16/h1-6,10,13,17H,7-9H2. The van der Waals surface area contributed by atoms with E-state index in [1.54, 1.807) is 36.4 Å². The summed E-state index contributed by atoms with van der Waals surface area (Å²) in [6.07, 6.45) is 4.81. The zero-order chi connectivity index (χ0) is 12.8. The minimum Gasteiger partial charge on any atom is -0.390 e. The summed E-state index contributed by atoms with van der Waals surface area (Å²) in [5.41, 5.74) is 1.07. The number of aliphatic hydroxyl groups is 1. The minimum atomic E-state index is -0.398. The number of benzene rings is 1. The van der Waals surface area contributed by atoms with Gasteiger partial charge in [0, 0.05) is 23.9 Å². The van der Waals surface area contributed by atoms with Crippen LogP contribution in [0.2, 0.25) is 0 Å². The largest absolute Gasteiger partial charge is 0.390 e. The van der Waals surface area contributed by atoms with Gasteiger partial charge in [-0.15, -0.1) is 0 Å². The Kier molecular flexibility index (Phi) is 4.78. The van der Waals surface area contributed by atoms with Crippen molar-refractivity contribution in [2.24, 2.45) is 0 Å². The normalized spacial score (nSPS) is 12.6. The molecule has 0 bridgehead atoms. The van der Waals surface area contributed by atoms with Gasteiger partial charge in [0.15, 0.2) is 0 Å². The molecule has 1 N–H and O–H groups in total. The van der Waals surface area contributed by atoms with Crippen molar-refractivity contribution in [1.82, 2.24) is 9.55 Å². The Bertz CT molecular complexity index is 458. The van der Waals surface area contributed by atoms with Gasteiger partial charge in [-0.3, -0.25) is 0 Å². The van der Waals surface area contributed by atoms with E-state index in [0.717, 1.165) is 11.3 Å². The van der Waals surface area contributed by atoms with E-state index in [4.69, 9.17) is 0 Å². The average molecular weight is 266 g/mol. The molecule has 1 heterocycles. The minimum absolute atomic E-state index is 0.219. The van der Waals surface area contributed by atoms with Crippen LogP contribution in [0.5, 0.6) is 0 Å². The van der Waals surface area contributed by atoms with Crippen molar-refractivity contribution in [3.05, 3.63) is 54.4 Å². The summed E-state index contributed by atoms with van der Waals surface area (Å²) in [4.78, 5) is 3.92. The van der Waals surface area contributed by atoms with E-state index in [1.165, 1.54) is 12.1 Å². The molecule has 0 aliphatic heterocycles. The van der Waals surface area contributed by atoms with Crippen molar-refractivity contribution in [2.75, 3.05) is 5.75 Å². The van der Waals surface area contributed by atoms with Gasteiger partial charge in [0.2, 0.25) is 0 Å². The highest BCUT2D eigenvalue weighted by molar-refractivity contribution is 7.98. The van der Waals surface area contributed by atoms with Crippen LogP contribution in [0, 0.1) is 5.82 Å². The fraction of sp³-hybridized carbons (Fsp3) is 0.308. The number of hydrogen-bond acceptors (Lipinski definition) is 3. The Morgan fingerprint density at radius 3 is 2.78 bits per heavy atom. The van der Waals surface area contributed by atoms with E-state index < -0.39 is 6.10 Å². The zero-order valence-electron chi connectivity index (χ0n) is 9.87. The third kappa shape index (κ3) is 4.16. The zero-order valence-corrected chi connectivity index (χ0v) is 10.7. The van der Waals surface area contributed by atoms with Crippen LogP contribution in [0.3, 0.4) is 0 Å². The summed E-state index contributed by atoms with van der Waals surface area (Å²) < 4.78 is 14.5. The van der Waals surface area contributed by atoms with Crippen molar-refractivity contribution in [1.29, 1.82) is 0 Å². The summed E-state index contributed by atoms with van der Waals surface area (Å²) in [7, 11) is 0. The van der Waals surface area contributed by atoms with Crippen LogP contribution in [0.4, 0.5) is 4.39 Å². The van der Waals surface area contributed by atoms with Crippen molar-refractivity contribution >= 4 is 11.8 Å². The Labute approximate surface area is 110 Å². The lowest BCUT2D eigenvalue weighted by Crippen LogP contribution is -2.17. The third-order valence-electron chi connectivity index (χ3n) is 2.47. The van der Waals surface area contributed by atoms with Crippen LogP contribution in [0.1, 0.15) is 5.56 Å². The first kappa shape index (κ1) is 13.1. The fourth-order valence-electron chi connectivity index (χ4n) is 1.58. The number of rotatable bonds is 6. The van der Waals surface area contributed by atoms with Crippen molar-refractivity contribution in [2.45, 2.75) is 18.4 Å². The molecular weight excluding hydrogens is 251 g/mol. The van der Waals surface area contributed by atoms with Gasteiger partial charge in [0.1, 0.15) is 5.82 Å². The second-order valence-electron chi connectivity index (χ2n) is 4.05. The third-order valence-corrected chi connectivity index (χ3v) is 3.63. The number of imidazole rings is 1. The van der Waals surface area contributed by atoms with Gasteiger partial charge in [0.25, 0.3) is 0 Å². The molecule has 0 radical (unpaired) electrons.